The van der Waals surface area contributed by atoms with Crippen molar-refractivity contribution in [1.29, 1.82) is 0 Å². The van der Waals surface area contributed by atoms with Crippen LogP contribution in [0.3, 0.4) is 0 Å². The smallest absolute Gasteiger partial charge is 0.263 e. The summed E-state index contributed by atoms with van der Waals surface area (Å²) < 4.78 is 26.6. The van der Waals surface area contributed by atoms with Crippen molar-refractivity contribution < 1.29 is 13.2 Å². The summed E-state index contributed by atoms with van der Waals surface area (Å²) in [5, 5.41) is 2.92. The van der Waals surface area contributed by atoms with E-state index >= 15 is 0 Å². The number of carbonyl (C=O) groups excluding carboxylic acids is 1. The van der Waals surface area contributed by atoms with Crippen molar-refractivity contribution in [2.24, 2.45) is 4.99 Å². The van der Waals surface area contributed by atoms with Gasteiger partial charge in [0.2, 0.25) is 5.91 Å². The van der Waals surface area contributed by atoms with Crippen molar-refractivity contribution >= 4 is 33.1 Å². The molecule has 1 saturated heterocycles. The highest BCUT2D eigenvalue weighted by Gasteiger charge is 2.29. The van der Waals surface area contributed by atoms with E-state index in [2.05, 4.69) is 26.0 Å². The minimum Gasteiger partial charge on any atom is -0.372 e. The summed E-state index contributed by atoms with van der Waals surface area (Å²) in [4.78, 5) is 19.2. The fraction of sp³-hybridized carbons (Fsp3) is 0.333. The van der Waals surface area contributed by atoms with Gasteiger partial charge in [-0.1, -0.05) is 12.1 Å². The molecule has 0 aliphatic carbocycles. The molecule has 2 aromatic rings. The van der Waals surface area contributed by atoms with Crippen LogP contribution in [0.1, 0.15) is 30.4 Å². The van der Waals surface area contributed by atoms with E-state index in [0.717, 1.165) is 24.3 Å². The summed E-state index contributed by atoms with van der Waals surface area (Å²) in [5.41, 5.74) is 3.54. The number of benzene rings is 2. The standard InChI is InChI=1S/C21H24N4O3S/c1-15-14-16(25-12-4-5-13-25)8-9-18(15)23-20(26)10-11-22-21-17-6-2-3-7-19(17)29(27,28)24-21/h2-3,6-9,14H,4-5,10-13H2,1H3,(H,22,24)(H,23,26). The van der Waals surface area contributed by atoms with Crippen molar-refractivity contribution in [3.8, 4) is 0 Å². The lowest BCUT2D eigenvalue weighted by Crippen LogP contribution is -2.23. The number of sulfonamides is 1. The molecule has 2 aliphatic rings. The van der Waals surface area contributed by atoms with Gasteiger partial charge in [-0.05, 0) is 55.7 Å². The minimum atomic E-state index is -3.56. The first kappa shape index (κ1) is 19.4. The van der Waals surface area contributed by atoms with E-state index in [1.54, 1.807) is 24.3 Å². The van der Waals surface area contributed by atoms with Crippen molar-refractivity contribution in [2.45, 2.75) is 31.1 Å². The SMILES string of the molecule is Cc1cc(N2CCCC2)ccc1NC(=O)CCN=C1NS(=O)(=O)c2ccccc21. The van der Waals surface area contributed by atoms with E-state index in [1.165, 1.54) is 18.5 Å². The highest BCUT2D eigenvalue weighted by atomic mass is 32.2. The average Bonchev–Trinajstić information content (AvgIpc) is 3.31. The van der Waals surface area contributed by atoms with Gasteiger partial charge in [0.15, 0.2) is 0 Å². The minimum absolute atomic E-state index is 0.152. The van der Waals surface area contributed by atoms with Crippen LogP contribution in [0.4, 0.5) is 11.4 Å². The number of aryl methyl sites for hydroxylation is 1. The number of carbonyl (C=O) groups is 1. The summed E-state index contributed by atoms with van der Waals surface area (Å²) in [6.07, 6.45) is 2.61. The molecule has 0 atom stereocenters. The van der Waals surface area contributed by atoms with Crippen LogP contribution >= 0.6 is 0 Å². The first-order chi connectivity index (χ1) is 13.9. The Kier molecular flexibility index (Phi) is 5.27. The number of aliphatic imine (C=N–C) groups is 1. The van der Waals surface area contributed by atoms with E-state index in [-0.39, 0.29) is 23.8 Å². The number of hydrogen-bond acceptors (Lipinski definition) is 5. The van der Waals surface area contributed by atoms with E-state index in [0.29, 0.717) is 11.4 Å². The molecular formula is C21H24N4O3S. The molecule has 0 unspecified atom stereocenters. The van der Waals surface area contributed by atoms with Gasteiger partial charge in [-0.25, -0.2) is 8.42 Å². The molecule has 1 fully saturated rings. The molecule has 0 aromatic heterocycles. The molecule has 2 aliphatic heterocycles. The molecule has 0 spiro atoms. The molecule has 4 rings (SSSR count). The number of nitrogens with one attached hydrogen (secondary N) is 2. The number of amides is 1. The number of anilines is 2. The summed E-state index contributed by atoms with van der Waals surface area (Å²) in [6.45, 7) is 4.35. The van der Waals surface area contributed by atoms with Crippen LogP contribution in [0.15, 0.2) is 52.4 Å². The maximum absolute atomic E-state index is 12.3. The third-order valence-corrected chi connectivity index (χ3v) is 6.62. The normalized spacial score (nSPS) is 18.5. The quantitative estimate of drug-likeness (QED) is 0.790. The zero-order chi connectivity index (χ0) is 20.4. The third kappa shape index (κ3) is 4.12. The lowest BCUT2D eigenvalue weighted by Gasteiger charge is -2.19. The molecule has 2 aromatic carbocycles. The molecule has 7 nitrogen and oxygen atoms in total. The highest BCUT2D eigenvalue weighted by molar-refractivity contribution is 7.90. The molecule has 8 heteroatoms. The van der Waals surface area contributed by atoms with Gasteiger partial charge in [-0.15, -0.1) is 0 Å². The predicted molar refractivity (Wildman–Crippen MR) is 114 cm³/mol. The van der Waals surface area contributed by atoms with E-state index in [1.807, 2.05) is 19.1 Å². The zero-order valence-electron chi connectivity index (χ0n) is 16.3. The van der Waals surface area contributed by atoms with Gasteiger partial charge in [-0.3, -0.25) is 14.5 Å². The van der Waals surface area contributed by atoms with Crippen molar-refractivity contribution in [3.05, 3.63) is 53.6 Å². The van der Waals surface area contributed by atoms with Crippen LogP contribution in [0.25, 0.3) is 0 Å². The second kappa shape index (κ2) is 7.87. The van der Waals surface area contributed by atoms with Gasteiger partial charge < -0.3 is 10.2 Å². The fourth-order valence-corrected chi connectivity index (χ4v) is 4.94. The largest absolute Gasteiger partial charge is 0.372 e. The lowest BCUT2D eigenvalue weighted by atomic mass is 10.1. The van der Waals surface area contributed by atoms with Crippen molar-refractivity contribution in [3.63, 3.8) is 0 Å². The first-order valence-electron chi connectivity index (χ1n) is 9.76. The topological polar surface area (TPSA) is 90.9 Å². The Bertz CT molecular complexity index is 1070. The molecular weight excluding hydrogens is 388 g/mol. The summed E-state index contributed by atoms with van der Waals surface area (Å²) >= 11 is 0. The van der Waals surface area contributed by atoms with Gasteiger partial charge in [0.05, 0.1) is 11.4 Å². The maximum atomic E-state index is 12.3. The Morgan fingerprint density at radius 2 is 1.93 bits per heavy atom. The second-order valence-electron chi connectivity index (χ2n) is 7.32. The summed E-state index contributed by atoms with van der Waals surface area (Å²) in [6, 6.07) is 12.8. The van der Waals surface area contributed by atoms with Gasteiger partial charge in [0.25, 0.3) is 10.0 Å². The molecule has 0 radical (unpaired) electrons. The molecule has 29 heavy (non-hydrogen) atoms. The van der Waals surface area contributed by atoms with Crippen LogP contribution in [0.2, 0.25) is 0 Å². The van der Waals surface area contributed by atoms with E-state index in [4.69, 9.17) is 0 Å². The Morgan fingerprint density at radius 3 is 2.69 bits per heavy atom. The number of rotatable bonds is 5. The number of fused-ring (bicyclic) bond motifs is 1. The van der Waals surface area contributed by atoms with Crippen molar-refractivity contribution in [1.82, 2.24) is 4.72 Å². The monoisotopic (exact) mass is 412 g/mol. The molecule has 152 valence electrons. The zero-order valence-corrected chi connectivity index (χ0v) is 17.1. The molecule has 0 saturated carbocycles. The first-order valence-corrected chi connectivity index (χ1v) is 11.2. The van der Waals surface area contributed by atoms with Crippen molar-refractivity contribution in [2.75, 3.05) is 29.9 Å². The fourth-order valence-electron chi connectivity index (χ4n) is 3.69. The number of hydrogen-bond donors (Lipinski definition) is 2. The van der Waals surface area contributed by atoms with Gasteiger partial charge in [-0.2, -0.15) is 0 Å². The summed E-state index contributed by atoms with van der Waals surface area (Å²) in [7, 11) is -3.56. The van der Waals surface area contributed by atoms with Crippen LogP contribution in [0.5, 0.6) is 0 Å². The molecule has 0 bridgehead atoms. The van der Waals surface area contributed by atoms with Crippen LogP contribution < -0.4 is 14.9 Å². The molecule has 2 N–H and O–H groups in total. The van der Waals surface area contributed by atoms with E-state index in [9.17, 15) is 13.2 Å². The molecule has 2 heterocycles. The molecule has 1 amide bonds. The number of amidine groups is 1. The van der Waals surface area contributed by atoms with Gasteiger partial charge in [0, 0.05) is 36.4 Å². The Hall–Kier alpha value is -2.87. The third-order valence-electron chi connectivity index (χ3n) is 5.23. The Balaban J connectivity index is 1.37. The predicted octanol–water partition coefficient (Wildman–Crippen LogP) is 2.66. The van der Waals surface area contributed by atoms with Gasteiger partial charge >= 0.3 is 0 Å². The average molecular weight is 413 g/mol. The number of nitrogens with zero attached hydrogens (tertiary/aromatic N) is 2. The Morgan fingerprint density at radius 1 is 1.17 bits per heavy atom. The van der Waals surface area contributed by atoms with Crippen LogP contribution in [-0.2, 0) is 14.8 Å². The van der Waals surface area contributed by atoms with Gasteiger partial charge in [0.1, 0.15) is 5.84 Å². The van der Waals surface area contributed by atoms with Crippen LogP contribution in [-0.4, -0.2) is 39.8 Å². The lowest BCUT2D eigenvalue weighted by molar-refractivity contribution is -0.116. The highest BCUT2D eigenvalue weighted by Crippen LogP contribution is 2.26. The van der Waals surface area contributed by atoms with Crippen LogP contribution in [0, 0.1) is 6.92 Å². The van der Waals surface area contributed by atoms with E-state index < -0.39 is 10.0 Å². The second-order valence-corrected chi connectivity index (χ2v) is 8.97. The Labute approximate surface area is 170 Å². The summed E-state index contributed by atoms with van der Waals surface area (Å²) in [5.74, 6) is 0.139. The maximum Gasteiger partial charge on any atom is 0.263 e.